The maximum atomic E-state index is 13.6. The third-order valence-corrected chi connectivity index (χ3v) is 6.48. The van der Waals surface area contributed by atoms with E-state index < -0.39 is 12.1 Å². The predicted molar refractivity (Wildman–Crippen MR) is 136 cm³/mol. The van der Waals surface area contributed by atoms with E-state index in [4.69, 9.17) is 16.3 Å². The minimum absolute atomic E-state index is 0.0585. The van der Waals surface area contributed by atoms with Gasteiger partial charge in [-0.05, 0) is 42.2 Å². The number of aryl methyl sites for hydroxylation is 1. The summed E-state index contributed by atoms with van der Waals surface area (Å²) in [4.78, 5) is 26.8. The Morgan fingerprint density at radius 2 is 1.86 bits per heavy atom. The van der Waals surface area contributed by atoms with Gasteiger partial charge >= 0.3 is 0 Å². The van der Waals surface area contributed by atoms with Crippen LogP contribution in [0.2, 0.25) is 5.02 Å². The Hall–Kier alpha value is -3.45. The number of aromatic nitrogens is 1. The van der Waals surface area contributed by atoms with Crippen molar-refractivity contribution in [2.45, 2.75) is 32.2 Å². The van der Waals surface area contributed by atoms with Gasteiger partial charge in [0.05, 0.1) is 12.1 Å². The first-order valence-electron chi connectivity index (χ1n) is 11.6. The second-order valence-corrected chi connectivity index (χ2v) is 9.08. The van der Waals surface area contributed by atoms with Crippen molar-refractivity contribution < 1.29 is 14.6 Å². The third kappa shape index (κ3) is 4.73. The summed E-state index contributed by atoms with van der Waals surface area (Å²) in [5, 5.41) is 13.2. The van der Waals surface area contributed by atoms with Crippen LogP contribution in [0, 0.1) is 0 Å². The molecule has 1 unspecified atom stereocenters. The fourth-order valence-corrected chi connectivity index (χ4v) is 4.66. The fraction of sp³-hybridized carbons (Fsp3) is 0.214. The quantitative estimate of drug-likeness (QED) is 0.399. The number of hydrogen-bond donors (Lipinski definition) is 2. The van der Waals surface area contributed by atoms with E-state index in [-0.39, 0.29) is 24.1 Å². The van der Waals surface area contributed by atoms with Crippen LogP contribution in [0.15, 0.2) is 77.7 Å². The number of benzene rings is 3. The molecule has 1 aliphatic rings. The Bertz CT molecular complexity index is 1430. The molecule has 0 radical (unpaired) electrons. The molecule has 2 heterocycles. The largest absolute Gasteiger partial charge is 0.396 e. The van der Waals surface area contributed by atoms with Crippen LogP contribution in [0.3, 0.4) is 0 Å². The fourth-order valence-electron chi connectivity index (χ4n) is 4.53. The van der Waals surface area contributed by atoms with Crippen molar-refractivity contribution >= 4 is 28.4 Å². The normalized spacial score (nSPS) is 14.7. The number of carbonyl (C=O) groups excluding carboxylic acids is 1. The zero-order valence-corrected chi connectivity index (χ0v) is 19.8. The second-order valence-electron chi connectivity index (χ2n) is 8.64. The summed E-state index contributed by atoms with van der Waals surface area (Å²) in [6, 6.07) is 20.8. The third-order valence-electron chi connectivity index (χ3n) is 6.23. The first-order valence-corrected chi connectivity index (χ1v) is 11.9. The number of ether oxygens (including phenoxy) is 1. The van der Waals surface area contributed by atoms with Crippen molar-refractivity contribution in [3.8, 4) is 0 Å². The summed E-state index contributed by atoms with van der Waals surface area (Å²) in [5.74, 6) is -0.449. The molecular weight excluding hydrogens is 464 g/mol. The molecular formula is C28H25ClN2O4. The van der Waals surface area contributed by atoms with E-state index in [9.17, 15) is 14.7 Å². The number of nitrogens with one attached hydrogen (secondary N) is 1. The standard InChI is InChI=1S/C28H25ClN2O4/c29-22-10-8-18(9-11-22)15-30-27(34)24-16-31-25-21(17-35-28(31)20-6-2-1-3-7-20)13-19(5-4-12-32)14-23(25)26(24)33/h1-3,6-11,13-14,16,28,32H,4-5,12,15,17H2,(H,30,34). The molecule has 1 atom stereocenters. The molecule has 1 amide bonds. The first kappa shape index (κ1) is 23.3. The summed E-state index contributed by atoms with van der Waals surface area (Å²) in [5.41, 5.74) is 4.16. The van der Waals surface area contributed by atoms with E-state index in [0.29, 0.717) is 29.9 Å². The van der Waals surface area contributed by atoms with Crippen LogP contribution in [0.25, 0.3) is 10.9 Å². The van der Waals surface area contributed by atoms with Gasteiger partial charge < -0.3 is 19.7 Å². The zero-order valence-electron chi connectivity index (χ0n) is 19.0. The van der Waals surface area contributed by atoms with Crippen LogP contribution in [0.1, 0.15) is 45.3 Å². The SMILES string of the molecule is O=C(NCc1ccc(Cl)cc1)c1cn2c3c(cc(CCCO)cc3c1=O)COC2c1ccccc1. The molecule has 4 aromatic rings. The zero-order chi connectivity index (χ0) is 24.4. The average molecular weight is 489 g/mol. The highest BCUT2D eigenvalue weighted by atomic mass is 35.5. The lowest BCUT2D eigenvalue weighted by Crippen LogP contribution is -2.32. The Morgan fingerprint density at radius 3 is 2.60 bits per heavy atom. The molecule has 7 heteroatoms. The van der Waals surface area contributed by atoms with Crippen LogP contribution in [0.5, 0.6) is 0 Å². The van der Waals surface area contributed by atoms with Gasteiger partial charge in [-0.3, -0.25) is 9.59 Å². The Kier molecular flexibility index (Phi) is 6.68. The summed E-state index contributed by atoms with van der Waals surface area (Å²) in [6.45, 7) is 0.690. The molecule has 178 valence electrons. The average Bonchev–Trinajstić information content (AvgIpc) is 2.89. The van der Waals surface area contributed by atoms with Crippen LogP contribution < -0.4 is 10.7 Å². The summed E-state index contributed by atoms with van der Waals surface area (Å²) in [6.07, 6.45) is 2.37. The number of carbonyl (C=O) groups is 1. The molecule has 0 aliphatic carbocycles. The molecule has 0 saturated carbocycles. The predicted octanol–water partition coefficient (Wildman–Crippen LogP) is 4.59. The van der Waals surface area contributed by atoms with Gasteiger partial charge in [-0.15, -0.1) is 0 Å². The maximum absolute atomic E-state index is 13.6. The van der Waals surface area contributed by atoms with Crippen molar-refractivity contribution in [1.29, 1.82) is 0 Å². The molecule has 2 N–H and O–H groups in total. The van der Waals surface area contributed by atoms with Crippen molar-refractivity contribution in [3.05, 3.63) is 116 Å². The smallest absolute Gasteiger partial charge is 0.257 e. The van der Waals surface area contributed by atoms with E-state index in [1.165, 1.54) is 0 Å². The second kappa shape index (κ2) is 10.0. The van der Waals surface area contributed by atoms with Crippen LogP contribution >= 0.6 is 11.6 Å². The molecule has 0 bridgehead atoms. The highest BCUT2D eigenvalue weighted by Gasteiger charge is 2.27. The topological polar surface area (TPSA) is 80.6 Å². The Morgan fingerprint density at radius 1 is 1.09 bits per heavy atom. The molecule has 0 saturated heterocycles. The van der Waals surface area contributed by atoms with Gasteiger partial charge in [-0.25, -0.2) is 0 Å². The van der Waals surface area contributed by atoms with Gasteiger partial charge in [-0.2, -0.15) is 0 Å². The molecule has 0 fully saturated rings. The van der Waals surface area contributed by atoms with Gasteiger partial charge in [0.1, 0.15) is 5.56 Å². The minimum Gasteiger partial charge on any atom is -0.396 e. The van der Waals surface area contributed by atoms with Gasteiger partial charge in [0, 0.05) is 40.9 Å². The number of aliphatic hydroxyl groups is 1. The number of aliphatic hydroxyl groups excluding tert-OH is 1. The van der Waals surface area contributed by atoms with Gasteiger partial charge in [0.15, 0.2) is 6.23 Å². The van der Waals surface area contributed by atoms with Crippen LogP contribution in [-0.4, -0.2) is 22.2 Å². The highest BCUT2D eigenvalue weighted by Crippen LogP contribution is 2.33. The summed E-state index contributed by atoms with van der Waals surface area (Å²) >= 11 is 5.95. The van der Waals surface area contributed by atoms with Crippen molar-refractivity contribution in [2.24, 2.45) is 0 Å². The number of rotatable bonds is 7. The highest BCUT2D eigenvalue weighted by molar-refractivity contribution is 6.30. The van der Waals surface area contributed by atoms with E-state index in [1.54, 1.807) is 18.3 Å². The van der Waals surface area contributed by atoms with Gasteiger partial charge in [0.25, 0.3) is 5.91 Å². The summed E-state index contributed by atoms with van der Waals surface area (Å²) in [7, 11) is 0. The molecule has 1 aliphatic heterocycles. The van der Waals surface area contributed by atoms with E-state index in [1.807, 2.05) is 59.2 Å². The van der Waals surface area contributed by atoms with Crippen LogP contribution in [0.4, 0.5) is 0 Å². The number of hydrogen-bond acceptors (Lipinski definition) is 4. The molecule has 6 nitrogen and oxygen atoms in total. The van der Waals surface area contributed by atoms with Crippen molar-refractivity contribution in [2.75, 3.05) is 6.61 Å². The van der Waals surface area contributed by atoms with Gasteiger partial charge in [0.2, 0.25) is 5.43 Å². The number of pyridine rings is 1. The van der Waals surface area contributed by atoms with E-state index in [2.05, 4.69) is 5.32 Å². The lowest BCUT2D eigenvalue weighted by molar-refractivity contribution is 0.0134. The van der Waals surface area contributed by atoms with Crippen LogP contribution in [-0.2, 0) is 24.3 Å². The molecule has 1 aromatic heterocycles. The number of amides is 1. The van der Waals surface area contributed by atoms with Gasteiger partial charge in [-0.1, -0.05) is 60.1 Å². The minimum atomic E-state index is -0.460. The van der Waals surface area contributed by atoms with E-state index >= 15 is 0 Å². The maximum Gasteiger partial charge on any atom is 0.257 e. The lowest BCUT2D eigenvalue weighted by atomic mass is 9.98. The molecule has 5 rings (SSSR count). The first-order chi connectivity index (χ1) is 17.0. The molecule has 3 aromatic carbocycles. The monoisotopic (exact) mass is 488 g/mol. The molecule has 0 spiro atoms. The molecule has 35 heavy (non-hydrogen) atoms. The lowest BCUT2D eigenvalue weighted by Gasteiger charge is -2.30. The summed E-state index contributed by atoms with van der Waals surface area (Å²) < 4.78 is 8.11. The number of nitrogens with zero attached hydrogens (tertiary/aromatic N) is 1. The number of halogens is 1. The van der Waals surface area contributed by atoms with E-state index in [0.717, 1.165) is 27.8 Å². The van der Waals surface area contributed by atoms with Crippen molar-refractivity contribution in [1.82, 2.24) is 9.88 Å². The van der Waals surface area contributed by atoms with Crippen molar-refractivity contribution in [3.63, 3.8) is 0 Å². The Labute approximate surface area is 207 Å². The Balaban J connectivity index is 1.60.